The minimum atomic E-state index is -4.71. The van der Waals surface area contributed by atoms with Crippen LogP contribution < -0.4 is 0 Å². The summed E-state index contributed by atoms with van der Waals surface area (Å²) in [5, 5.41) is 9.25. The Morgan fingerprint density at radius 1 is 1.30 bits per heavy atom. The highest BCUT2D eigenvalue weighted by Gasteiger charge is 2.41. The first-order chi connectivity index (χ1) is 9.23. The summed E-state index contributed by atoms with van der Waals surface area (Å²) in [7, 11) is 0. The zero-order valence-corrected chi connectivity index (χ0v) is 10.8. The topological polar surface area (TPSA) is 55.1 Å². The number of imidazole rings is 1. The van der Waals surface area contributed by atoms with Gasteiger partial charge in [0.15, 0.2) is 0 Å². The van der Waals surface area contributed by atoms with Crippen LogP contribution in [0.5, 0.6) is 0 Å². The molecule has 2 rings (SSSR count). The van der Waals surface area contributed by atoms with Crippen molar-refractivity contribution in [3.63, 3.8) is 0 Å². The molecule has 1 aromatic carbocycles. The Morgan fingerprint density at radius 3 is 2.40 bits per heavy atom. The molecule has 2 aromatic rings. The van der Waals surface area contributed by atoms with Gasteiger partial charge in [-0.05, 0) is 18.1 Å². The van der Waals surface area contributed by atoms with E-state index in [0.717, 1.165) is 4.57 Å². The highest BCUT2D eigenvalue weighted by atomic mass is 19.4. The standard InChI is InChI=1S/C13H13F3N2O2/c1-7(2)10(11(19)20)18-9-6-4-3-5-8(9)17-12(18)13(14,15)16/h3-7,10H,1-2H3,(H,19,20). The number of aromatic nitrogens is 2. The molecule has 0 saturated heterocycles. The van der Waals surface area contributed by atoms with Crippen molar-refractivity contribution in [2.45, 2.75) is 26.1 Å². The predicted molar refractivity (Wildman–Crippen MR) is 66.2 cm³/mol. The number of halogens is 3. The molecule has 1 N–H and O–H groups in total. The van der Waals surface area contributed by atoms with E-state index >= 15 is 0 Å². The van der Waals surface area contributed by atoms with Gasteiger partial charge in [-0.3, -0.25) is 0 Å². The molecule has 1 aromatic heterocycles. The first-order valence-electron chi connectivity index (χ1n) is 6.00. The Labute approximate surface area is 112 Å². The number of benzene rings is 1. The van der Waals surface area contributed by atoms with E-state index in [0.29, 0.717) is 0 Å². The van der Waals surface area contributed by atoms with Crippen LogP contribution in [0.25, 0.3) is 11.0 Å². The van der Waals surface area contributed by atoms with Crippen LogP contribution in [0.2, 0.25) is 0 Å². The van der Waals surface area contributed by atoms with E-state index in [-0.39, 0.29) is 11.0 Å². The van der Waals surface area contributed by atoms with Gasteiger partial charge in [0.2, 0.25) is 5.82 Å². The van der Waals surface area contributed by atoms with Crippen molar-refractivity contribution in [1.82, 2.24) is 9.55 Å². The summed E-state index contributed by atoms with van der Waals surface area (Å²) < 4.78 is 40.1. The molecule has 0 spiro atoms. The average Bonchev–Trinajstić information content (AvgIpc) is 2.68. The molecule has 0 aliphatic heterocycles. The van der Waals surface area contributed by atoms with Crippen LogP contribution >= 0.6 is 0 Å². The lowest BCUT2D eigenvalue weighted by Crippen LogP contribution is -2.28. The summed E-state index contributed by atoms with van der Waals surface area (Å²) >= 11 is 0. The lowest BCUT2D eigenvalue weighted by atomic mass is 10.0. The molecule has 0 aliphatic carbocycles. The van der Waals surface area contributed by atoms with Crippen LogP contribution in [0.3, 0.4) is 0 Å². The van der Waals surface area contributed by atoms with Gasteiger partial charge in [0, 0.05) is 0 Å². The van der Waals surface area contributed by atoms with Gasteiger partial charge in [-0.1, -0.05) is 26.0 Å². The minimum Gasteiger partial charge on any atom is -0.480 e. The molecule has 0 radical (unpaired) electrons. The van der Waals surface area contributed by atoms with Crippen LogP contribution in [0.1, 0.15) is 25.7 Å². The summed E-state index contributed by atoms with van der Waals surface area (Å²) in [6.45, 7) is 3.13. The molecule has 1 atom stereocenters. The third-order valence-electron chi connectivity index (χ3n) is 3.01. The molecular weight excluding hydrogens is 273 g/mol. The van der Waals surface area contributed by atoms with Gasteiger partial charge in [-0.2, -0.15) is 13.2 Å². The first kappa shape index (κ1) is 14.4. The van der Waals surface area contributed by atoms with E-state index in [4.69, 9.17) is 0 Å². The maximum absolute atomic E-state index is 13.1. The van der Waals surface area contributed by atoms with Crippen molar-refractivity contribution >= 4 is 17.0 Å². The summed E-state index contributed by atoms with van der Waals surface area (Å²) in [5.41, 5.74) is 0.299. The number of rotatable bonds is 3. The fraction of sp³-hybridized carbons (Fsp3) is 0.385. The molecule has 0 saturated carbocycles. The molecule has 1 heterocycles. The molecule has 0 bridgehead atoms. The summed E-state index contributed by atoms with van der Waals surface area (Å²) in [6, 6.07) is 4.67. The lowest BCUT2D eigenvalue weighted by Gasteiger charge is -2.21. The van der Waals surface area contributed by atoms with Gasteiger partial charge < -0.3 is 9.67 Å². The molecule has 0 amide bonds. The quantitative estimate of drug-likeness (QED) is 0.941. The Hall–Kier alpha value is -2.05. The number of hydrogen-bond acceptors (Lipinski definition) is 2. The number of carbonyl (C=O) groups is 1. The highest BCUT2D eigenvalue weighted by Crippen LogP contribution is 2.35. The largest absolute Gasteiger partial charge is 0.480 e. The number of nitrogens with zero attached hydrogens (tertiary/aromatic N) is 2. The lowest BCUT2D eigenvalue weighted by molar-refractivity contribution is -0.152. The molecule has 20 heavy (non-hydrogen) atoms. The van der Waals surface area contributed by atoms with Gasteiger partial charge in [-0.25, -0.2) is 9.78 Å². The number of carboxylic acid groups (broad SMARTS) is 1. The van der Waals surface area contributed by atoms with Crippen LogP contribution in [0.4, 0.5) is 13.2 Å². The van der Waals surface area contributed by atoms with E-state index in [1.165, 1.54) is 12.1 Å². The van der Waals surface area contributed by atoms with E-state index in [1.807, 2.05) is 0 Å². The number of aliphatic carboxylic acids is 1. The van der Waals surface area contributed by atoms with E-state index < -0.39 is 29.9 Å². The summed E-state index contributed by atoms with van der Waals surface area (Å²) in [6.07, 6.45) is -4.71. The zero-order chi connectivity index (χ0) is 15.1. The van der Waals surface area contributed by atoms with Gasteiger partial charge in [0.05, 0.1) is 11.0 Å². The molecular formula is C13H13F3N2O2. The molecule has 1 unspecified atom stereocenters. The van der Waals surface area contributed by atoms with E-state index in [2.05, 4.69) is 4.98 Å². The monoisotopic (exact) mass is 286 g/mol. The smallest absolute Gasteiger partial charge is 0.449 e. The van der Waals surface area contributed by atoms with Crippen LogP contribution in [0.15, 0.2) is 24.3 Å². The van der Waals surface area contributed by atoms with Crippen molar-refractivity contribution in [3.05, 3.63) is 30.1 Å². The summed E-state index contributed by atoms with van der Waals surface area (Å²) in [5.74, 6) is -3.00. The van der Waals surface area contributed by atoms with Gasteiger partial charge in [0.25, 0.3) is 0 Å². The second-order valence-corrected chi connectivity index (χ2v) is 4.82. The van der Waals surface area contributed by atoms with Crippen LogP contribution in [0, 0.1) is 5.92 Å². The molecule has 108 valence electrons. The van der Waals surface area contributed by atoms with E-state index in [9.17, 15) is 23.1 Å². The van der Waals surface area contributed by atoms with Crippen molar-refractivity contribution < 1.29 is 23.1 Å². The number of carboxylic acids is 1. The fourth-order valence-corrected chi connectivity index (χ4v) is 2.22. The maximum Gasteiger partial charge on any atom is 0.449 e. The highest BCUT2D eigenvalue weighted by molar-refractivity contribution is 5.80. The molecule has 0 fully saturated rings. The van der Waals surface area contributed by atoms with Gasteiger partial charge >= 0.3 is 12.1 Å². The molecule has 4 nitrogen and oxygen atoms in total. The third kappa shape index (κ3) is 2.35. The first-order valence-corrected chi connectivity index (χ1v) is 6.00. The number of alkyl halides is 3. The second kappa shape index (κ2) is 4.81. The van der Waals surface area contributed by atoms with Crippen molar-refractivity contribution in [1.29, 1.82) is 0 Å². The average molecular weight is 286 g/mol. The normalized spacial score (nSPS) is 13.9. The second-order valence-electron chi connectivity index (χ2n) is 4.82. The van der Waals surface area contributed by atoms with Gasteiger partial charge in [-0.15, -0.1) is 0 Å². The number of para-hydroxylation sites is 2. The predicted octanol–water partition coefficient (Wildman–Crippen LogP) is 3.34. The number of hydrogen-bond donors (Lipinski definition) is 1. The number of fused-ring (bicyclic) bond motifs is 1. The Balaban J connectivity index is 2.80. The van der Waals surface area contributed by atoms with Gasteiger partial charge in [0.1, 0.15) is 6.04 Å². The third-order valence-corrected chi connectivity index (χ3v) is 3.01. The maximum atomic E-state index is 13.1. The zero-order valence-electron chi connectivity index (χ0n) is 10.8. The Morgan fingerprint density at radius 2 is 1.90 bits per heavy atom. The van der Waals surface area contributed by atoms with E-state index in [1.54, 1.807) is 26.0 Å². The fourth-order valence-electron chi connectivity index (χ4n) is 2.22. The molecule has 0 aliphatic rings. The summed E-state index contributed by atoms with van der Waals surface area (Å²) in [4.78, 5) is 14.9. The Kier molecular flexibility index (Phi) is 3.45. The van der Waals surface area contributed by atoms with Crippen molar-refractivity contribution in [2.75, 3.05) is 0 Å². The Bertz CT molecular complexity index is 647. The SMILES string of the molecule is CC(C)C(C(=O)O)n1c(C(F)(F)F)nc2ccccc21. The van der Waals surface area contributed by atoms with Crippen molar-refractivity contribution in [2.24, 2.45) is 5.92 Å². The van der Waals surface area contributed by atoms with Crippen molar-refractivity contribution in [3.8, 4) is 0 Å². The minimum absolute atomic E-state index is 0.131. The van der Waals surface area contributed by atoms with Crippen LogP contribution in [-0.4, -0.2) is 20.6 Å². The van der Waals surface area contributed by atoms with Crippen LogP contribution in [-0.2, 0) is 11.0 Å². The molecule has 7 heteroatoms.